The second-order valence-electron chi connectivity index (χ2n) is 9.45. The third-order valence-electron chi connectivity index (χ3n) is 6.91. The summed E-state index contributed by atoms with van der Waals surface area (Å²) in [7, 11) is 0. The largest absolute Gasteiger partial charge is 0.490 e. The predicted molar refractivity (Wildman–Crippen MR) is 138 cm³/mol. The Hall–Kier alpha value is -3.12. The van der Waals surface area contributed by atoms with Crippen molar-refractivity contribution in [3.05, 3.63) is 90.0 Å². The molecule has 196 valence electrons. The lowest BCUT2D eigenvalue weighted by molar-refractivity contribution is -0.00732. The topological polar surface area (TPSA) is 18.5 Å². The molecule has 6 heteroatoms. The molecular weight excluding hydrogens is 480 g/mol. The molecule has 2 atom stereocenters. The summed E-state index contributed by atoms with van der Waals surface area (Å²) in [5.74, 6) is -3.83. The highest BCUT2D eigenvalue weighted by Crippen LogP contribution is 2.37. The molecule has 1 saturated heterocycles. The van der Waals surface area contributed by atoms with Crippen LogP contribution < -0.4 is 4.74 Å². The summed E-state index contributed by atoms with van der Waals surface area (Å²) in [6.45, 7) is 6.61. The van der Waals surface area contributed by atoms with E-state index in [0.717, 1.165) is 32.1 Å². The molecule has 3 aromatic carbocycles. The molecule has 1 fully saturated rings. The van der Waals surface area contributed by atoms with E-state index in [0.29, 0.717) is 30.8 Å². The van der Waals surface area contributed by atoms with Gasteiger partial charge in [0, 0.05) is 22.6 Å². The summed E-state index contributed by atoms with van der Waals surface area (Å²) in [6, 6.07) is 12.2. The van der Waals surface area contributed by atoms with Crippen LogP contribution in [0.1, 0.15) is 57.1 Å². The van der Waals surface area contributed by atoms with Crippen LogP contribution in [0, 0.1) is 29.2 Å². The Morgan fingerprint density at radius 3 is 2.05 bits per heavy atom. The molecule has 0 radical (unpaired) electrons. The van der Waals surface area contributed by atoms with Gasteiger partial charge in [0.15, 0.2) is 23.2 Å². The van der Waals surface area contributed by atoms with Crippen LogP contribution in [0.5, 0.6) is 5.75 Å². The lowest BCUT2D eigenvalue weighted by Crippen LogP contribution is -2.20. The summed E-state index contributed by atoms with van der Waals surface area (Å²) < 4.78 is 70.5. The van der Waals surface area contributed by atoms with Crippen molar-refractivity contribution in [3.8, 4) is 28.0 Å². The Balaban J connectivity index is 1.49. The molecule has 37 heavy (non-hydrogen) atoms. The van der Waals surface area contributed by atoms with Crippen molar-refractivity contribution in [2.75, 3.05) is 13.2 Å². The monoisotopic (exact) mass is 512 g/mol. The fraction of sp³-hybridized carbons (Fsp3) is 0.355. The number of benzene rings is 3. The highest BCUT2D eigenvalue weighted by Gasteiger charge is 2.26. The van der Waals surface area contributed by atoms with E-state index in [2.05, 4.69) is 13.5 Å². The number of unbranched alkanes of at least 4 members (excludes halogenated alkanes) is 3. The summed E-state index contributed by atoms with van der Waals surface area (Å²) in [5, 5.41) is 0. The average molecular weight is 513 g/mol. The van der Waals surface area contributed by atoms with Crippen LogP contribution in [0.3, 0.4) is 0 Å². The molecule has 2 nitrogen and oxygen atoms in total. The third kappa shape index (κ3) is 6.07. The van der Waals surface area contributed by atoms with Crippen molar-refractivity contribution >= 4 is 0 Å². The first-order chi connectivity index (χ1) is 17.9. The molecular formula is C31H32F4O2. The third-order valence-corrected chi connectivity index (χ3v) is 6.91. The van der Waals surface area contributed by atoms with Gasteiger partial charge < -0.3 is 9.47 Å². The summed E-state index contributed by atoms with van der Waals surface area (Å²) in [6.07, 6.45) is 6.62. The predicted octanol–water partition coefficient (Wildman–Crippen LogP) is 9.19. The van der Waals surface area contributed by atoms with Gasteiger partial charge in [0.05, 0.1) is 19.3 Å². The van der Waals surface area contributed by atoms with Crippen LogP contribution in [-0.4, -0.2) is 13.2 Å². The standard InChI is InChI=1S/C31H32F4O2/c1-3-5-6-7-18-36-27-17-15-24(29(33)31(27)35)22-11-9-21(10-12-22)23-13-14-25(30(34)28(23)32)26-16-8-20(4-2)19-37-26/h4,9-15,17,20,26H,2-3,5-8,16,18-19H2,1H3. The zero-order valence-electron chi connectivity index (χ0n) is 21.0. The van der Waals surface area contributed by atoms with Crippen molar-refractivity contribution in [3.63, 3.8) is 0 Å². The molecule has 0 bridgehead atoms. The van der Waals surface area contributed by atoms with Gasteiger partial charge in [0.2, 0.25) is 5.82 Å². The number of hydrogen-bond acceptors (Lipinski definition) is 2. The van der Waals surface area contributed by atoms with Gasteiger partial charge in [0.25, 0.3) is 0 Å². The van der Waals surface area contributed by atoms with Gasteiger partial charge in [-0.2, -0.15) is 4.39 Å². The summed E-state index contributed by atoms with van der Waals surface area (Å²) in [5.41, 5.74) is 1.20. The maximum absolute atomic E-state index is 15.0. The fourth-order valence-electron chi connectivity index (χ4n) is 4.65. The van der Waals surface area contributed by atoms with Crippen molar-refractivity contribution in [2.45, 2.75) is 51.6 Å². The van der Waals surface area contributed by atoms with Gasteiger partial charge in [-0.25, -0.2) is 13.2 Å². The molecule has 0 aromatic heterocycles. The van der Waals surface area contributed by atoms with Gasteiger partial charge in [-0.1, -0.05) is 68.7 Å². The Bertz CT molecular complexity index is 1210. The van der Waals surface area contributed by atoms with E-state index in [4.69, 9.17) is 9.47 Å². The van der Waals surface area contributed by atoms with E-state index in [-0.39, 0.29) is 28.4 Å². The maximum atomic E-state index is 15.0. The second-order valence-corrected chi connectivity index (χ2v) is 9.45. The molecule has 0 spiro atoms. The van der Waals surface area contributed by atoms with Crippen LogP contribution >= 0.6 is 0 Å². The smallest absolute Gasteiger partial charge is 0.201 e. The molecule has 0 N–H and O–H groups in total. The van der Waals surface area contributed by atoms with E-state index >= 15 is 4.39 Å². The van der Waals surface area contributed by atoms with Crippen LogP contribution in [0.15, 0.2) is 61.2 Å². The SMILES string of the molecule is C=CC1CCC(c2ccc(-c3ccc(-c4ccc(OCCCCCC)c(F)c4F)cc3)c(F)c2F)OC1. The fourth-order valence-corrected chi connectivity index (χ4v) is 4.65. The molecule has 0 saturated carbocycles. The molecule has 1 aliphatic heterocycles. The Morgan fingerprint density at radius 2 is 1.46 bits per heavy atom. The van der Waals surface area contributed by atoms with Gasteiger partial charge in [-0.15, -0.1) is 6.58 Å². The van der Waals surface area contributed by atoms with Crippen molar-refractivity contribution in [1.29, 1.82) is 0 Å². The van der Waals surface area contributed by atoms with Crippen molar-refractivity contribution in [2.24, 2.45) is 5.92 Å². The number of rotatable bonds is 10. The lowest BCUT2D eigenvalue weighted by Gasteiger charge is -2.28. The molecule has 4 rings (SSSR count). The molecule has 3 aromatic rings. The average Bonchev–Trinajstić information content (AvgIpc) is 2.93. The lowest BCUT2D eigenvalue weighted by atomic mass is 9.92. The second kappa shape index (κ2) is 12.4. The Labute approximate surface area is 215 Å². The van der Waals surface area contributed by atoms with E-state index in [9.17, 15) is 13.2 Å². The molecule has 1 aliphatic rings. The first-order valence-corrected chi connectivity index (χ1v) is 12.9. The van der Waals surface area contributed by atoms with Crippen LogP contribution in [0.25, 0.3) is 22.3 Å². The first kappa shape index (κ1) is 26.9. The first-order valence-electron chi connectivity index (χ1n) is 12.9. The number of hydrogen-bond donors (Lipinski definition) is 0. The molecule has 2 unspecified atom stereocenters. The normalized spacial score (nSPS) is 17.5. The summed E-state index contributed by atoms with van der Waals surface area (Å²) in [4.78, 5) is 0. The zero-order chi connectivity index (χ0) is 26.4. The highest BCUT2D eigenvalue weighted by molar-refractivity contribution is 5.71. The van der Waals surface area contributed by atoms with Gasteiger partial charge in [-0.05, 0) is 42.5 Å². The Kier molecular flexibility index (Phi) is 9.04. The quantitative estimate of drug-likeness (QED) is 0.153. The van der Waals surface area contributed by atoms with Crippen molar-refractivity contribution < 1.29 is 27.0 Å². The maximum Gasteiger partial charge on any atom is 0.201 e. The minimum absolute atomic E-state index is 0.0664. The minimum Gasteiger partial charge on any atom is -0.490 e. The molecule has 1 heterocycles. The molecule has 0 amide bonds. The number of halogens is 4. The van der Waals surface area contributed by atoms with E-state index in [1.54, 1.807) is 30.3 Å². The van der Waals surface area contributed by atoms with E-state index in [1.807, 2.05) is 6.08 Å². The van der Waals surface area contributed by atoms with Gasteiger partial charge >= 0.3 is 0 Å². The van der Waals surface area contributed by atoms with E-state index < -0.39 is 29.4 Å². The van der Waals surface area contributed by atoms with Crippen LogP contribution in [0.2, 0.25) is 0 Å². The van der Waals surface area contributed by atoms with Crippen LogP contribution in [-0.2, 0) is 4.74 Å². The Morgan fingerprint density at radius 1 is 0.811 bits per heavy atom. The summed E-state index contributed by atoms with van der Waals surface area (Å²) >= 11 is 0. The molecule has 0 aliphatic carbocycles. The minimum atomic E-state index is -1.04. The zero-order valence-corrected chi connectivity index (χ0v) is 21.0. The van der Waals surface area contributed by atoms with E-state index in [1.165, 1.54) is 18.2 Å². The van der Waals surface area contributed by atoms with Crippen molar-refractivity contribution in [1.82, 2.24) is 0 Å². The van der Waals surface area contributed by atoms with Gasteiger partial charge in [-0.3, -0.25) is 0 Å². The highest BCUT2D eigenvalue weighted by atomic mass is 19.2. The van der Waals surface area contributed by atoms with Crippen LogP contribution in [0.4, 0.5) is 17.6 Å². The number of ether oxygens (including phenoxy) is 2. The van der Waals surface area contributed by atoms with Gasteiger partial charge in [0.1, 0.15) is 0 Å².